The van der Waals surface area contributed by atoms with Gasteiger partial charge in [0.1, 0.15) is 5.76 Å². The number of hydrogen-bond acceptors (Lipinski definition) is 5. The first-order valence-corrected chi connectivity index (χ1v) is 7.29. The Hall–Kier alpha value is -0.720. The van der Waals surface area contributed by atoms with E-state index < -0.39 is 0 Å². The number of nitrogens with zero attached hydrogens (tertiary/aromatic N) is 1. The highest BCUT2D eigenvalue weighted by Crippen LogP contribution is 2.19. The summed E-state index contributed by atoms with van der Waals surface area (Å²) in [4.78, 5) is 11.6. The molecule has 19 heavy (non-hydrogen) atoms. The van der Waals surface area contributed by atoms with Gasteiger partial charge in [0, 0.05) is 36.9 Å². The highest BCUT2D eigenvalue weighted by atomic mass is 35.5. The van der Waals surface area contributed by atoms with E-state index in [1.165, 1.54) is 0 Å². The Morgan fingerprint density at radius 2 is 2.26 bits per heavy atom. The second-order valence-corrected chi connectivity index (χ2v) is 5.61. The average Bonchev–Trinajstić information content (AvgIpc) is 2.58. The van der Waals surface area contributed by atoms with E-state index in [1.807, 2.05) is 13.8 Å². The van der Waals surface area contributed by atoms with E-state index in [-0.39, 0.29) is 18.3 Å². The van der Waals surface area contributed by atoms with Crippen molar-refractivity contribution in [3.8, 4) is 0 Å². The highest BCUT2D eigenvalue weighted by molar-refractivity contribution is 7.99. The summed E-state index contributed by atoms with van der Waals surface area (Å²) in [6.07, 6.45) is 0. The quantitative estimate of drug-likeness (QED) is 0.829. The zero-order valence-corrected chi connectivity index (χ0v) is 12.8. The molecule has 0 bridgehead atoms. The first-order chi connectivity index (χ1) is 8.66. The van der Waals surface area contributed by atoms with Crippen LogP contribution in [0.15, 0.2) is 4.52 Å². The Balaban J connectivity index is 0.00000180. The Bertz CT molecular complexity index is 402. The summed E-state index contributed by atoms with van der Waals surface area (Å²) in [5.74, 6) is 2.84. The molecule has 7 heteroatoms. The Morgan fingerprint density at radius 1 is 1.53 bits per heavy atom. The zero-order valence-electron chi connectivity index (χ0n) is 11.2. The number of rotatable bonds is 6. The predicted octanol–water partition coefficient (Wildman–Crippen LogP) is 1.28. The second kappa shape index (κ2) is 7.77. The molecule has 0 radical (unpaired) electrons. The lowest BCUT2D eigenvalue weighted by atomic mass is 10.0. The minimum absolute atomic E-state index is 0. The number of aromatic nitrogens is 1. The van der Waals surface area contributed by atoms with Crippen LogP contribution in [0.25, 0.3) is 0 Å². The minimum Gasteiger partial charge on any atom is -0.361 e. The van der Waals surface area contributed by atoms with Crippen molar-refractivity contribution in [2.24, 2.45) is 5.92 Å². The summed E-state index contributed by atoms with van der Waals surface area (Å²) in [7, 11) is 0. The molecule has 1 fully saturated rings. The van der Waals surface area contributed by atoms with Crippen molar-refractivity contribution in [1.29, 1.82) is 0 Å². The first kappa shape index (κ1) is 16.3. The lowest BCUT2D eigenvalue weighted by Gasteiger charge is -2.27. The van der Waals surface area contributed by atoms with E-state index in [9.17, 15) is 4.79 Å². The summed E-state index contributed by atoms with van der Waals surface area (Å²) in [5.41, 5.74) is 2.02. The summed E-state index contributed by atoms with van der Waals surface area (Å²) in [6, 6.07) is 0. The van der Waals surface area contributed by atoms with Gasteiger partial charge in [0.05, 0.1) is 11.4 Å². The average molecular weight is 306 g/mol. The van der Waals surface area contributed by atoms with Crippen LogP contribution in [-0.4, -0.2) is 36.5 Å². The number of hydrogen-bond donors (Lipinski definition) is 2. The Kier molecular flexibility index (Phi) is 6.68. The smallest absolute Gasteiger partial charge is 0.230 e. The van der Waals surface area contributed by atoms with Crippen LogP contribution in [-0.2, 0) is 10.5 Å². The molecule has 1 aromatic rings. The van der Waals surface area contributed by atoms with Gasteiger partial charge in [0.15, 0.2) is 0 Å². The molecule has 0 aliphatic carbocycles. The molecule has 1 aliphatic heterocycles. The normalized spacial score (nSPS) is 14.6. The van der Waals surface area contributed by atoms with Crippen molar-refractivity contribution in [1.82, 2.24) is 15.8 Å². The molecule has 108 valence electrons. The number of carbonyl (C=O) groups is 1. The molecular weight excluding hydrogens is 286 g/mol. The van der Waals surface area contributed by atoms with Gasteiger partial charge in [-0.3, -0.25) is 4.79 Å². The lowest BCUT2D eigenvalue weighted by Crippen LogP contribution is -2.48. The van der Waals surface area contributed by atoms with Crippen LogP contribution in [0.4, 0.5) is 0 Å². The van der Waals surface area contributed by atoms with Gasteiger partial charge in [0.25, 0.3) is 0 Å². The van der Waals surface area contributed by atoms with Crippen LogP contribution in [0.5, 0.6) is 0 Å². The van der Waals surface area contributed by atoms with Crippen LogP contribution in [0.2, 0.25) is 0 Å². The van der Waals surface area contributed by atoms with Crippen molar-refractivity contribution in [2.45, 2.75) is 19.6 Å². The first-order valence-electron chi connectivity index (χ1n) is 6.13. The molecular formula is C12H20ClN3O2S. The Morgan fingerprint density at radius 3 is 2.79 bits per heavy atom. The number of carbonyl (C=O) groups excluding carboxylic acids is 1. The van der Waals surface area contributed by atoms with Crippen LogP contribution < -0.4 is 10.6 Å². The molecule has 2 heterocycles. The largest absolute Gasteiger partial charge is 0.361 e. The van der Waals surface area contributed by atoms with E-state index in [1.54, 1.807) is 11.8 Å². The zero-order chi connectivity index (χ0) is 13.0. The third-order valence-electron chi connectivity index (χ3n) is 3.11. The van der Waals surface area contributed by atoms with E-state index in [0.717, 1.165) is 42.4 Å². The molecule has 0 unspecified atom stereocenters. The summed E-state index contributed by atoms with van der Waals surface area (Å²) >= 11 is 1.60. The van der Waals surface area contributed by atoms with Gasteiger partial charge in [-0.05, 0) is 13.8 Å². The maximum atomic E-state index is 11.6. The summed E-state index contributed by atoms with van der Waals surface area (Å²) in [5, 5.41) is 10.0. The van der Waals surface area contributed by atoms with Crippen molar-refractivity contribution >= 4 is 30.1 Å². The van der Waals surface area contributed by atoms with Crippen molar-refractivity contribution in [2.75, 3.05) is 25.4 Å². The van der Waals surface area contributed by atoms with Gasteiger partial charge in [0.2, 0.25) is 5.91 Å². The fraction of sp³-hybridized carbons (Fsp3) is 0.667. The second-order valence-electron chi connectivity index (χ2n) is 4.62. The van der Waals surface area contributed by atoms with Gasteiger partial charge in [-0.15, -0.1) is 24.2 Å². The minimum atomic E-state index is 0. The molecule has 0 atom stereocenters. The predicted molar refractivity (Wildman–Crippen MR) is 78.8 cm³/mol. The summed E-state index contributed by atoms with van der Waals surface area (Å²) in [6.45, 7) is 6.66. The van der Waals surface area contributed by atoms with Crippen LogP contribution in [0.3, 0.4) is 0 Å². The SMILES string of the molecule is Cc1noc(C)c1CSCC(=O)NCC1CNC1.Cl. The van der Waals surface area contributed by atoms with Crippen molar-refractivity contribution < 1.29 is 9.32 Å². The molecule has 0 spiro atoms. The Labute approximate surface area is 123 Å². The molecule has 2 rings (SSSR count). The molecule has 0 aromatic carbocycles. The maximum absolute atomic E-state index is 11.6. The number of aryl methyl sites for hydroxylation is 2. The third kappa shape index (κ3) is 4.71. The molecule has 0 saturated carbocycles. The third-order valence-corrected chi connectivity index (χ3v) is 4.07. The van der Waals surface area contributed by atoms with Gasteiger partial charge < -0.3 is 15.2 Å². The molecule has 1 amide bonds. The molecule has 1 aromatic heterocycles. The van der Waals surface area contributed by atoms with Crippen molar-refractivity contribution in [3.63, 3.8) is 0 Å². The monoisotopic (exact) mass is 305 g/mol. The van der Waals surface area contributed by atoms with E-state index >= 15 is 0 Å². The highest BCUT2D eigenvalue weighted by Gasteiger charge is 2.17. The number of amides is 1. The molecule has 1 saturated heterocycles. The fourth-order valence-corrected chi connectivity index (χ4v) is 2.76. The van der Waals surface area contributed by atoms with Gasteiger partial charge in [-0.2, -0.15) is 0 Å². The van der Waals surface area contributed by atoms with E-state index in [2.05, 4.69) is 15.8 Å². The van der Waals surface area contributed by atoms with Gasteiger partial charge in [-0.1, -0.05) is 5.16 Å². The maximum Gasteiger partial charge on any atom is 0.230 e. The van der Waals surface area contributed by atoms with Crippen LogP contribution >= 0.6 is 24.2 Å². The summed E-state index contributed by atoms with van der Waals surface area (Å²) < 4.78 is 5.08. The molecule has 5 nitrogen and oxygen atoms in total. The van der Waals surface area contributed by atoms with Gasteiger partial charge >= 0.3 is 0 Å². The fourth-order valence-electron chi connectivity index (χ4n) is 1.76. The molecule has 2 N–H and O–H groups in total. The van der Waals surface area contributed by atoms with Crippen LogP contribution in [0.1, 0.15) is 17.0 Å². The van der Waals surface area contributed by atoms with E-state index in [0.29, 0.717) is 11.7 Å². The lowest BCUT2D eigenvalue weighted by molar-refractivity contribution is -0.118. The number of thioether (sulfide) groups is 1. The topological polar surface area (TPSA) is 67.2 Å². The molecule has 1 aliphatic rings. The van der Waals surface area contributed by atoms with Crippen molar-refractivity contribution in [3.05, 3.63) is 17.0 Å². The number of halogens is 1. The standard InChI is InChI=1S/C12H19N3O2S.ClH/c1-8-11(9(2)17-15-8)6-18-7-12(16)14-5-10-3-13-4-10;/h10,13H,3-7H2,1-2H3,(H,14,16);1H. The van der Waals surface area contributed by atoms with E-state index in [4.69, 9.17) is 4.52 Å². The number of nitrogens with one attached hydrogen (secondary N) is 2. The van der Waals surface area contributed by atoms with Gasteiger partial charge in [-0.25, -0.2) is 0 Å². The van der Waals surface area contributed by atoms with Crippen LogP contribution in [0, 0.1) is 19.8 Å².